The van der Waals surface area contributed by atoms with Crippen molar-refractivity contribution in [3.63, 3.8) is 0 Å². The molecule has 0 aliphatic heterocycles. The van der Waals surface area contributed by atoms with E-state index in [1.807, 2.05) is 75.4 Å². The zero-order chi connectivity index (χ0) is 21.1. The van der Waals surface area contributed by atoms with Gasteiger partial charge in [-0.25, -0.2) is 4.68 Å². The molecule has 2 aromatic carbocycles. The predicted octanol–water partition coefficient (Wildman–Crippen LogP) is 3.50. The number of hydrogen-bond donors (Lipinski definition) is 1. The van der Waals surface area contributed by atoms with Crippen molar-refractivity contribution in [2.75, 3.05) is 11.1 Å². The number of nitrogens with one attached hydrogen (secondary N) is 1. The van der Waals surface area contributed by atoms with E-state index in [9.17, 15) is 4.79 Å². The first-order valence-electron chi connectivity index (χ1n) is 9.42. The van der Waals surface area contributed by atoms with E-state index in [0.29, 0.717) is 11.0 Å². The van der Waals surface area contributed by atoms with Crippen molar-refractivity contribution in [2.45, 2.75) is 25.9 Å². The van der Waals surface area contributed by atoms with E-state index in [1.54, 1.807) is 9.36 Å². The van der Waals surface area contributed by atoms with Crippen molar-refractivity contribution in [1.82, 2.24) is 30.0 Å². The van der Waals surface area contributed by atoms with Gasteiger partial charge in [-0.2, -0.15) is 9.78 Å². The Hall–Kier alpha value is -3.46. The van der Waals surface area contributed by atoms with Gasteiger partial charge in [-0.3, -0.25) is 4.79 Å². The van der Waals surface area contributed by atoms with Crippen LogP contribution in [0.15, 0.2) is 59.8 Å². The summed E-state index contributed by atoms with van der Waals surface area (Å²) in [4.78, 5) is 12.6. The van der Waals surface area contributed by atoms with E-state index in [1.165, 1.54) is 11.8 Å². The third-order valence-corrected chi connectivity index (χ3v) is 5.60. The number of para-hydroxylation sites is 1. The fraction of sp³-hybridized carbons (Fsp3) is 0.190. The molecule has 0 aliphatic rings. The lowest BCUT2D eigenvalue weighted by atomic mass is 10.1. The van der Waals surface area contributed by atoms with Crippen LogP contribution in [0.4, 0.5) is 5.82 Å². The van der Waals surface area contributed by atoms with Gasteiger partial charge in [0.05, 0.1) is 22.8 Å². The monoisotopic (exact) mass is 419 g/mol. The van der Waals surface area contributed by atoms with Crippen LogP contribution in [0.5, 0.6) is 0 Å². The fourth-order valence-corrected chi connectivity index (χ4v) is 3.73. The van der Waals surface area contributed by atoms with E-state index >= 15 is 0 Å². The SMILES string of the molecule is Cc1cc(NC(=O)CSc2nnnn2-c2cccc(C)c2C)n(-c2ccccc2)n1. The lowest BCUT2D eigenvalue weighted by Crippen LogP contribution is -2.17. The molecule has 8 nitrogen and oxygen atoms in total. The number of nitrogens with zero attached hydrogens (tertiary/aromatic N) is 6. The van der Waals surface area contributed by atoms with Crippen LogP contribution in [0.3, 0.4) is 0 Å². The Morgan fingerprint density at radius 3 is 2.63 bits per heavy atom. The van der Waals surface area contributed by atoms with Crippen molar-refractivity contribution in [3.05, 3.63) is 71.4 Å². The average Bonchev–Trinajstić information content (AvgIpc) is 3.35. The number of rotatable bonds is 6. The highest BCUT2D eigenvalue weighted by atomic mass is 32.2. The Kier molecular flexibility index (Phi) is 5.62. The molecule has 4 aromatic rings. The van der Waals surface area contributed by atoms with Gasteiger partial charge in [0, 0.05) is 6.07 Å². The van der Waals surface area contributed by atoms with E-state index < -0.39 is 0 Å². The minimum Gasteiger partial charge on any atom is -0.310 e. The molecule has 9 heteroatoms. The number of aromatic nitrogens is 6. The van der Waals surface area contributed by atoms with Crippen LogP contribution < -0.4 is 5.32 Å². The highest BCUT2D eigenvalue weighted by Crippen LogP contribution is 2.23. The first-order valence-corrected chi connectivity index (χ1v) is 10.4. The highest BCUT2D eigenvalue weighted by Gasteiger charge is 2.15. The molecule has 4 rings (SSSR count). The molecule has 30 heavy (non-hydrogen) atoms. The molecular formula is C21H21N7OS. The van der Waals surface area contributed by atoms with Gasteiger partial charge in [0.1, 0.15) is 5.82 Å². The third-order valence-electron chi connectivity index (χ3n) is 4.68. The number of carbonyl (C=O) groups is 1. The number of hydrogen-bond acceptors (Lipinski definition) is 6. The Balaban J connectivity index is 1.48. The molecule has 1 amide bonds. The van der Waals surface area contributed by atoms with Crippen LogP contribution in [0.2, 0.25) is 0 Å². The summed E-state index contributed by atoms with van der Waals surface area (Å²) in [6.45, 7) is 5.96. The maximum Gasteiger partial charge on any atom is 0.236 e. The molecule has 0 aliphatic carbocycles. The second kappa shape index (κ2) is 8.50. The van der Waals surface area contributed by atoms with E-state index in [0.717, 1.165) is 28.2 Å². The molecule has 0 spiro atoms. The van der Waals surface area contributed by atoms with Gasteiger partial charge >= 0.3 is 0 Å². The van der Waals surface area contributed by atoms with Crippen LogP contribution in [0.25, 0.3) is 11.4 Å². The van der Waals surface area contributed by atoms with E-state index in [2.05, 4.69) is 25.9 Å². The van der Waals surface area contributed by atoms with Crippen LogP contribution in [0.1, 0.15) is 16.8 Å². The maximum absolute atomic E-state index is 12.6. The highest BCUT2D eigenvalue weighted by molar-refractivity contribution is 7.99. The molecule has 0 bridgehead atoms. The minimum atomic E-state index is -0.160. The van der Waals surface area contributed by atoms with Gasteiger partial charge in [-0.15, -0.1) is 5.10 Å². The van der Waals surface area contributed by atoms with Gasteiger partial charge in [-0.1, -0.05) is 42.1 Å². The van der Waals surface area contributed by atoms with Crippen molar-refractivity contribution < 1.29 is 4.79 Å². The topological polar surface area (TPSA) is 90.5 Å². The van der Waals surface area contributed by atoms with Gasteiger partial charge < -0.3 is 5.32 Å². The fourth-order valence-electron chi connectivity index (χ4n) is 3.05. The smallest absolute Gasteiger partial charge is 0.236 e. The molecule has 0 atom stereocenters. The number of carbonyl (C=O) groups excluding carboxylic acids is 1. The summed E-state index contributed by atoms with van der Waals surface area (Å²) in [5, 5.41) is 19.9. The average molecular weight is 420 g/mol. The molecule has 1 N–H and O–H groups in total. The Labute approximate surface area is 178 Å². The first-order chi connectivity index (χ1) is 14.5. The van der Waals surface area contributed by atoms with Crippen molar-refractivity contribution in [1.29, 1.82) is 0 Å². The largest absolute Gasteiger partial charge is 0.310 e. The van der Waals surface area contributed by atoms with Crippen LogP contribution in [0, 0.1) is 20.8 Å². The van der Waals surface area contributed by atoms with E-state index in [-0.39, 0.29) is 11.7 Å². The summed E-state index contributed by atoms with van der Waals surface area (Å²) < 4.78 is 3.39. The summed E-state index contributed by atoms with van der Waals surface area (Å²) in [7, 11) is 0. The summed E-state index contributed by atoms with van der Waals surface area (Å²) >= 11 is 1.28. The van der Waals surface area contributed by atoms with Crippen molar-refractivity contribution >= 4 is 23.5 Å². The Morgan fingerprint density at radius 1 is 1.03 bits per heavy atom. The number of benzene rings is 2. The van der Waals surface area contributed by atoms with Gasteiger partial charge in [0.15, 0.2) is 0 Å². The number of tetrazole rings is 1. The molecule has 0 saturated carbocycles. The molecule has 152 valence electrons. The molecule has 0 unspecified atom stereocenters. The summed E-state index contributed by atoms with van der Waals surface area (Å²) in [5.74, 6) is 0.635. The molecule has 2 heterocycles. The molecule has 0 radical (unpaired) electrons. The molecule has 2 aromatic heterocycles. The lowest BCUT2D eigenvalue weighted by Gasteiger charge is -2.10. The van der Waals surface area contributed by atoms with Gasteiger partial charge in [-0.05, 0) is 60.5 Å². The summed E-state index contributed by atoms with van der Waals surface area (Å²) in [5.41, 5.74) is 4.85. The Bertz CT molecular complexity index is 1180. The quantitative estimate of drug-likeness (QED) is 0.481. The summed E-state index contributed by atoms with van der Waals surface area (Å²) in [6.07, 6.45) is 0. The van der Waals surface area contributed by atoms with Gasteiger partial charge in [0.2, 0.25) is 11.1 Å². The second-order valence-corrected chi connectivity index (χ2v) is 7.79. The number of thioether (sulfide) groups is 1. The summed E-state index contributed by atoms with van der Waals surface area (Å²) in [6, 6.07) is 17.5. The molecular weight excluding hydrogens is 398 g/mol. The minimum absolute atomic E-state index is 0.160. The number of aryl methyl sites for hydroxylation is 2. The van der Waals surface area contributed by atoms with Gasteiger partial charge in [0.25, 0.3) is 0 Å². The number of amides is 1. The maximum atomic E-state index is 12.6. The molecule has 0 saturated heterocycles. The van der Waals surface area contributed by atoms with E-state index in [4.69, 9.17) is 0 Å². The Morgan fingerprint density at radius 2 is 1.83 bits per heavy atom. The van der Waals surface area contributed by atoms with Crippen molar-refractivity contribution in [2.24, 2.45) is 0 Å². The second-order valence-electron chi connectivity index (χ2n) is 6.85. The zero-order valence-corrected chi connectivity index (χ0v) is 17.7. The third kappa shape index (κ3) is 4.11. The van der Waals surface area contributed by atoms with Crippen LogP contribution in [-0.4, -0.2) is 41.6 Å². The molecule has 0 fully saturated rings. The van der Waals surface area contributed by atoms with Crippen LogP contribution >= 0.6 is 11.8 Å². The normalized spacial score (nSPS) is 10.9. The predicted molar refractivity (Wildman–Crippen MR) is 116 cm³/mol. The zero-order valence-electron chi connectivity index (χ0n) is 16.9. The number of anilines is 1. The first kappa shape index (κ1) is 19.8. The standard InChI is InChI=1S/C21H21N7OS/c1-14-8-7-11-18(16(14)3)28-21(23-25-26-28)30-13-20(29)22-19-12-15(2)24-27(19)17-9-5-4-6-10-17/h4-12H,13H2,1-3H3,(H,22,29). The van der Waals surface area contributed by atoms with Crippen LogP contribution in [-0.2, 0) is 4.79 Å². The van der Waals surface area contributed by atoms with Crippen molar-refractivity contribution in [3.8, 4) is 11.4 Å². The lowest BCUT2D eigenvalue weighted by molar-refractivity contribution is -0.113.